The number of nitrogens with one attached hydrogen (secondary N) is 1. The van der Waals surface area contributed by atoms with Crippen molar-refractivity contribution in [2.45, 2.75) is 26.4 Å². The molecule has 0 saturated carbocycles. The van der Waals surface area contributed by atoms with Crippen molar-refractivity contribution in [3.05, 3.63) is 53.6 Å². The predicted octanol–water partition coefficient (Wildman–Crippen LogP) is 4.34. The summed E-state index contributed by atoms with van der Waals surface area (Å²) in [7, 11) is 0. The summed E-state index contributed by atoms with van der Waals surface area (Å²) in [6.45, 7) is 3.85. The van der Waals surface area contributed by atoms with E-state index in [1.165, 1.54) is 18.3 Å². The Morgan fingerprint density at radius 1 is 1.25 bits per heavy atom. The number of rotatable bonds is 5. The van der Waals surface area contributed by atoms with Crippen molar-refractivity contribution in [3.63, 3.8) is 0 Å². The Balaban J connectivity index is 2.12. The Kier molecular flexibility index (Phi) is 5.22. The Labute approximate surface area is 159 Å². The van der Waals surface area contributed by atoms with Crippen LogP contribution in [0, 0.1) is 5.92 Å². The average Bonchev–Trinajstić information content (AvgIpc) is 3.00. The Morgan fingerprint density at radius 3 is 2.64 bits per heavy atom. The molecule has 146 valence electrons. The van der Waals surface area contributed by atoms with Crippen LogP contribution in [0.2, 0.25) is 0 Å². The monoisotopic (exact) mass is 388 g/mol. The quantitative estimate of drug-likeness (QED) is 0.638. The number of hydrogen-bond acceptors (Lipinski definition) is 3. The van der Waals surface area contributed by atoms with Gasteiger partial charge in [0.25, 0.3) is 0 Å². The molecule has 0 atom stereocenters. The van der Waals surface area contributed by atoms with Crippen molar-refractivity contribution in [3.8, 4) is 11.1 Å². The van der Waals surface area contributed by atoms with Crippen molar-refractivity contribution in [1.82, 2.24) is 15.0 Å². The molecule has 0 radical (unpaired) electrons. The number of halogens is 3. The first-order chi connectivity index (χ1) is 13.1. The van der Waals surface area contributed by atoms with Crippen LogP contribution in [0.25, 0.3) is 28.2 Å². The molecule has 0 aliphatic heterocycles. The van der Waals surface area contributed by atoms with Crippen molar-refractivity contribution >= 4 is 23.0 Å². The molecule has 0 saturated heterocycles. The lowest BCUT2D eigenvalue weighted by Crippen LogP contribution is -2.11. The van der Waals surface area contributed by atoms with Crippen molar-refractivity contribution < 1.29 is 18.0 Å². The fourth-order valence-electron chi connectivity index (χ4n) is 2.91. The fraction of sp³-hybridized carbons (Fsp3) is 0.250. The zero-order chi connectivity index (χ0) is 20.5. The summed E-state index contributed by atoms with van der Waals surface area (Å²) in [6.07, 6.45) is 1.80. The normalized spacial score (nSPS) is 12.4. The number of amides is 1. The number of H-pyrrole nitrogens is 1. The Bertz CT molecular complexity index is 1050. The topological polar surface area (TPSA) is 84.7 Å². The number of primary amides is 1. The maximum absolute atomic E-state index is 13.3. The molecule has 0 unspecified atom stereocenters. The van der Waals surface area contributed by atoms with Crippen LogP contribution in [0.15, 0.2) is 36.7 Å². The second-order valence-electron chi connectivity index (χ2n) is 6.93. The van der Waals surface area contributed by atoms with E-state index < -0.39 is 17.8 Å². The number of aromatic amines is 1. The van der Waals surface area contributed by atoms with Gasteiger partial charge < -0.3 is 10.7 Å². The van der Waals surface area contributed by atoms with E-state index >= 15 is 0 Å². The third-order valence-electron chi connectivity index (χ3n) is 4.11. The van der Waals surface area contributed by atoms with E-state index in [-0.39, 0.29) is 5.92 Å². The average molecular weight is 388 g/mol. The lowest BCUT2D eigenvalue weighted by molar-refractivity contribution is -0.141. The highest BCUT2D eigenvalue weighted by Gasteiger charge is 2.33. The molecule has 1 amide bonds. The summed E-state index contributed by atoms with van der Waals surface area (Å²) in [5.74, 6) is -0.430. The van der Waals surface area contributed by atoms with Gasteiger partial charge in [0, 0.05) is 40.7 Å². The smallest absolute Gasteiger partial charge is 0.366 e. The van der Waals surface area contributed by atoms with E-state index in [9.17, 15) is 18.0 Å². The molecule has 3 heterocycles. The SMILES string of the molecule is CC(C)Cc1cc(-c2cnc3[nH]cc(C=CC(N)=O)c3c2)cc(C(F)(F)F)n1. The van der Waals surface area contributed by atoms with Gasteiger partial charge in [-0.25, -0.2) is 9.97 Å². The summed E-state index contributed by atoms with van der Waals surface area (Å²) < 4.78 is 39.9. The summed E-state index contributed by atoms with van der Waals surface area (Å²) in [5.41, 5.74) is 6.71. The molecule has 3 rings (SSSR count). The third-order valence-corrected chi connectivity index (χ3v) is 4.11. The molecule has 0 aliphatic rings. The largest absolute Gasteiger partial charge is 0.433 e. The first kappa shape index (κ1) is 19.6. The predicted molar refractivity (Wildman–Crippen MR) is 101 cm³/mol. The molecule has 0 bridgehead atoms. The molecule has 0 aliphatic carbocycles. The van der Waals surface area contributed by atoms with E-state index in [1.54, 1.807) is 18.3 Å². The number of nitrogens with two attached hydrogens (primary N) is 1. The zero-order valence-corrected chi connectivity index (χ0v) is 15.3. The molecule has 0 spiro atoms. The summed E-state index contributed by atoms with van der Waals surface area (Å²) >= 11 is 0. The lowest BCUT2D eigenvalue weighted by Gasteiger charge is -2.13. The van der Waals surface area contributed by atoms with Crippen LogP contribution < -0.4 is 5.73 Å². The first-order valence-corrected chi connectivity index (χ1v) is 8.66. The van der Waals surface area contributed by atoms with Gasteiger partial charge in [0.15, 0.2) is 0 Å². The van der Waals surface area contributed by atoms with Crippen molar-refractivity contribution in [1.29, 1.82) is 0 Å². The van der Waals surface area contributed by atoms with Gasteiger partial charge in [0.1, 0.15) is 11.3 Å². The lowest BCUT2D eigenvalue weighted by atomic mass is 10.0. The summed E-state index contributed by atoms with van der Waals surface area (Å²) in [5, 5.41) is 0.672. The minimum absolute atomic E-state index is 0.166. The number of carbonyl (C=O) groups is 1. The summed E-state index contributed by atoms with van der Waals surface area (Å²) in [6, 6.07) is 4.41. The molecule has 0 aromatic carbocycles. The van der Waals surface area contributed by atoms with Crippen LogP contribution in [-0.4, -0.2) is 20.9 Å². The maximum Gasteiger partial charge on any atom is 0.433 e. The molecular formula is C20H19F3N4O. The number of aromatic nitrogens is 3. The van der Waals surface area contributed by atoms with E-state index in [2.05, 4.69) is 15.0 Å². The molecule has 28 heavy (non-hydrogen) atoms. The Morgan fingerprint density at radius 2 is 2.00 bits per heavy atom. The van der Waals surface area contributed by atoms with Gasteiger partial charge in [-0.2, -0.15) is 13.2 Å². The van der Waals surface area contributed by atoms with Crippen LogP contribution in [0.4, 0.5) is 13.2 Å². The molecule has 3 aromatic heterocycles. The van der Waals surface area contributed by atoms with E-state index in [1.807, 2.05) is 13.8 Å². The first-order valence-electron chi connectivity index (χ1n) is 8.66. The molecule has 0 fully saturated rings. The van der Waals surface area contributed by atoms with Gasteiger partial charge in [0.05, 0.1) is 0 Å². The van der Waals surface area contributed by atoms with Gasteiger partial charge in [-0.15, -0.1) is 0 Å². The zero-order valence-electron chi connectivity index (χ0n) is 15.3. The number of pyridine rings is 2. The van der Waals surface area contributed by atoms with E-state index in [4.69, 9.17) is 5.73 Å². The molecule has 8 heteroatoms. The molecule has 3 aromatic rings. The Hall–Kier alpha value is -3.16. The molecule has 5 nitrogen and oxygen atoms in total. The van der Waals surface area contributed by atoms with Gasteiger partial charge in [-0.3, -0.25) is 4.79 Å². The number of fused-ring (bicyclic) bond motifs is 1. The third kappa shape index (κ3) is 4.39. The van der Waals surface area contributed by atoms with E-state index in [0.717, 1.165) is 6.07 Å². The van der Waals surface area contributed by atoms with Crippen molar-refractivity contribution in [2.75, 3.05) is 0 Å². The number of nitrogens with zero attached hydrogens (tertiary/aromatic N) is 2. The van der Waals surface area contributed by atoms with Gasteiger partial charge >= 0.3 is 6.18 Å². The van der Waals surface area contributed by atoms with Gasteiger partial charge in [-0.05, 0) is 42.2 Å². The standard InChI is InChI=1S/C20H19F3N4O/c1-11(2)5-15-6-13(8-17(27-15)20(21,22)23)14-7-16-12(3-4-18(24)28)9-25-19(16)26-10-14/h3-4,6-11H,5H2,1-2H3,(H2,24,28)(H,25,26). The van der Waals surface area contributed by atoms with Crippen LogP contribution in [0.1, 0.15) is 30.8 Å². The number of alkyl halides is 3. The van der Waals surface area contributed by atoms with Crippen LogP contribution in [0.3, 0.4) is 0 Å². The van der Waals surface area contributed by atoms with Crippen LogP contribution in [-0.2, 0) is 17.4 Å². The minimum Gasteiger partial charge on any atom is -0.366 e. The van der Waals surface area contributed by atoms with Crippen LogP contribution in [0.5, 0.6) is 0 Å². The highest BCUT2D eigenvalue weighted by Crippen LogP contribution is 2.33. The van der Waals surface area contributed by atoms with Crippen LogP contribution >= 0.6 is 0 Å². The highest BCUT2D eigenvalue weighted by molar-refractivity contribution is 5.95. The van der Waals surface area contributed by atoms with E-state index in [0.29, 0.717) is 39.8 Å². The second kappa shape index (κ2) is 7.46. The van der Waals surface area contributed by atoms with Gasteiger partial charge in [-0.1, -0.05) is 13.8 Å². The van der Waals surface area contributed by atoms with Crippen molar-refractivity contribution in [2.24, 2.45) is 11.7 Å². The fourth-order valence-corrected chi connectivity index (χ4v) is 2.91. The number of carbonyl (C=O) groups excluding carboxylic acids is 1. The number of hydrogen-bond donors (Lipinski definition) is 2. The minimum atomic E-state index is -4.54. The molecular weight excluding hydrogens is 369 g/mol. The highest BCUT2D eigenvalue weighted by atomic mass is 19.4. The molecule has 3 N–H and O–H groups in total. The second-order valence-corrected chi connectivity index (χ2v) is 6.93. The van der Waals surface area contributed by atoms with Gasteiger partial charge in [0.2, 0.25) is 5.91 Å². The maximum atomic E-state index is 13.3. The summed E-state index contributed by atoms with van der Waals surface area (Å²) in [4.78, 5) is 22.0.